The predicted molar refractivity (Wildman–Crippen MR) is 102 cm³/mol. The van der Waals surface area contributed by atoms with Crippen LogP contribution in [0.1, 0.15) is 5.56 Å². The van der Waals surface area contributed by atoms with Gasteiger partial charge in [-0.25, -0.2) is 9.78 Å². The van der Waals surface area contributed by atoms with E-state index in [9.17, 15) is 9.59 Å². The maximum absolute atomic E-state index is 11.9. The number of allylic oxidation sites excluding steroid dienone is 1. The first-order valence-corrected chi connectivity index (χ1v) is 8.08. The van der Waals surface area contributed by atoms with E-state index in [0.717, 1.165) is 11.1 Å². The third kappa shape index (κ3) is 5.20. The number of rotatable bonds is 7. The summed E-state index contributed by atoms with van der Waals surface area (Å²) in [4.78, 5) is 26.5. The van der Waals surface area contributed by atoms with Crippen LogP contribution in [0.5, 0.6) is 5.88 Å². The van der Waals surface area contributed by atoms with Crippen molar-refractivity contribution in [2.45, 2.75) is 0 Å². The molecule has 1 aromatic heterocycles. The van der Waals surface area contributed by atoms with E-state index in [1.807, 2.05) is 12.1 Å². The molecule has 0 bridgehead atoms. The quantitative estimate of drug-likeness (QED) is 0.386. The summed E-state index contributed by atoms with van der Waals surface area (Å²) in [7, 11) is 0. The van der Waals surface area contributed by atoms with Crippen LogP contribution in [0.4, 0.5) is 0 Å². The molecule has 2 aromatic rings. The van der Waals surface area contributed by atoms with Crippen LogP contribution in [-0.2, 0) is 9.59 Å². The number of thiol groups is 1. The minimum Gasteiger partial charge on any atom is -0.477 e. The van der Waals surface area contributed by atoms with Gasteiger partial charge in [0, 0.05) is 23.4 Å². The summed E-state index contributed by atoms with van der Waals surface area (Å²) >= 11 is 3.79. The molecule has 2 N–H and O–H groups in total. The van der Waals surface area contributed by atoms with Crippen LogP contribution in [0.3, 0.4) is 0 Å². The number of benzene rings is 1. The lowest BCUT2D eigenvalue weighted by atomic mass is 10.0. The third-order valence-electron chi connectivity index (χ3n) is 3.38. The number of aliphatic carboxylic acids is 1. The number of carboxylic acids is 1. The molecule has 2 rings (SSSR count). The van der Waals surface area contributed by atoms with Gasteiger partial charge >= 0.3 is 5.97 Å². The molecule has 1 aromatic carbocycles. The van der Waals surface area contributed by atoms with Gasteiger partial charge in [-0.15, -0.1) is 12.6 Å². The summed E-state index contributed by atoms with van der Waals surface area (Å²) < 4.78 is 5.28. The Morgan fingerprint density at radius 1 is 1.33 bits per heavy atom. The molecular weight excluding hydrogens is 366 g/mol. The van der Waals surface area contributed by atoms with Gasteiger partial charge in [0.05, 0.1) is 17.3 Å². The Balaban J connectivity index is 2.02. The Kier molecular flexibility index (Phi) is 6.74. The largest absolute Gasteiger partial charge is 0.477 e. The first-order valence-electron chi connectivity index (χ1n) is 7.63. The lowest BCUT2D eigenvalue weighted by Gasteiger charge is -2.09. The van der Waals surface area contributed by atoms with Crippen molar-refractivity contribution in [1.29, 1.82) is 5.26 Å². The second kappa shape index (κ2) is 9.22. The maximum Gasteiger partial charge on any atom is 0.344 e. The summed E-state index contributed by atoms with van der Waals surface area (Å²) in [5, 5.41) is 20.4. The number of aromatic nitrogens is 1. The van der Waals surface area contributed by atoms with Crippen molar-refractivity contribution in [1.82, 2.24) is 10.3 Å². The number of amides is 1. The molecule has 27 heavy (non-hydrogen) atoms. The number of nitrogens with one attached hydrogen (secondary N) is 1. The van der Waals surface area contributed by atoms with Crippen LogP contribution in [0.15, 0.2) is 65.9 Å². The van der Waals surface area contributed by atoms with Crippen molar-refractivity contribution < 1.29 is 19.4 Å². The molecule has 1 heterocycles. The highest BCUT2D eigenvalue weighted by Crippen LogP contribution is 2.23. The zero-order valence-electron chi connectivity index (χ0n) is 14.0. The number of carboxylic acid groups (broad SMARTS) is 1. The molecule has 0 radical (unpaired) electrons. The van der Waals surface area contributed by atoms with Gasteiger partial charge in [-0.2, -0.15) is 5.26 Å². The molecule has 0 atom stereocenters. The molecule has 7 nitrogen and oxygen atoms in total. The number of ether oxygens (including phenoxy) is 1. The molecule has 0 fully saturated rings. The summed E-state index contributed by atoms with van der Waals surface area (Å²) in [6, 6.07) is 12.5. The molecule has 0 aliphatic carbocycles. The molecule has 0 spiro atoms. The van der Waals surface area contributed by atoms with Crippen molar-refractivity contribution in [2.24, 2.45) is 0 Å². The van der Waals surface area contributed by atoms with Crippen LogP contribution in [0, 0.1) is 11.3 Å². The third-order valence-corrected chi connectivity index (χ3v) is 3.81. The molecule has 0 saturated carbocycles. The molecule has 8 heteroatoms. The van der Waals surface area contributed by atoms with Crippen LogP contribution < -0.4 is 10.1 Å². The standard InChI is InChI=1S/C19H15N3O4S/c1-2-15(18(27)19(24)25)22-16(23)11-26-17-8-7-13(10-21-17)14-6-4-3-5-12(14)9-20/h2-8,10,27H,1,11H2,(H,22,23)(H,24,25)/b18-15+. The van der Waals surface area contributed by atoms with Gasteiger partial charge in [0.25, 0.3) is 5.91 Å². The second-order valence-corrected chi connectivity index (χ2v) is 5.60. The van der Waals surface area contributed by atoms with Crippen molar-refractivity contribution in [3.63, 3.8) is 0 Å². The zero-order chi connectivity index (χ0) is 19.8. The monoisotopic (exact) mass is 381 g/mol. The van der Waals surface area contributed by atoms with Gasteiger partial charge in [0.15, 0.2) is 6.61 Å². The number of pyridine rings is 1. The van der Waals surface area contributed by atoms with Gasteiger partial charge in [-0.05, 0) is 18.2 Å². The van der Waals surface area contributed by atoms with E-state index < -0.39 is 11.9 Å². The summed E-state index contributed by atoms with van der Waals surface area (Å²) in [5.74, 6) is -1.67. The second-order valence-electron chi connectivity index (χ2n) is 5.15. The fourth-order valence-corrected chi connectivity index (χ4v) is 2.25. The van der Waals surface area contributed by atoms with Crippen LogP contribution in [-0.4, -0.2) is 28.6 Å². The molecule has 0 unspecified atom stereocenters. The lowest BCUT2D eigenvalue weighted by Crippen LogP contribution is -2.29. The van der Waals surface area contributed by atoms with Gasteiger partial charge in [0.1, 0.15) is 4.91 Å². The van der Waals surface area contributed by atoms with Crippen molar-refractivity contribution in [3.05, 3.63) is 71.4 Å². The molecule has 1 amide bonds. The van der Waals surface area contributed by atoms with E-state index in [1.165, 1.54) is 12.3 Å². The Labute approximate surface area is 161 Å². The first-order chi connectivity index (χ1) is 13.0. The van der Waals surface area contributed by atoms with Crippen LogP contribution in [0.25, 0.3) is 11.1 Å². The normalized spacial score (nSPS) is 11.0. The number of nitrogens with zero attached hydrogens (tertiary/aromatic N) is 2. The Bertz CT molecular complexity index is 946. The maximum atomic E-state index is 11.9. The smallest absolute Gasteiger partial charge is 0.344 e. The summed E-state index contributed by atoms with van der Waals surface area (Å²) in [5.41, 5.74) is 1.97. The minimum atomic E-state index is -1.29. The number of carbonyl (C=O) groups excluding carboxylic acids is 1. The summed E-state index contributed by atoms with van der Waals surface area (Å²) in [6.07, 6.45) is 2.71. The molecular formula is C19H15N3O4S. The van der Waals surface area contributed by atoms with E-state index in [-0.39, 0.29) is 23.1 Å². The van der Waals surface area contributed by atoms with E-state index in [2.05, 4.69) is 35.6 Å². The van der Waals surface area contributed by atoms with Crippen molar-refractivity contribution in [2.75, 3.05) is 6.61 Å². The molecule has 0 saturated heterocycles. The van der Waals surface area contributed by atoms with Gasteiger partial charge < -0.3 is 15.2 Å². The van der Waals surface area contributed by atoms with E-state index in [4.69, 9.17) is 15.1 Å². The Morgan fingerprint density at radius 2 is 2.07 bits per heavy atom. The lowest BCUT2D eigenvalue weighted by molar-refractivity contribution is -0.131. The number of hydrogen-bond donors (Lipinski definition) is 3. The Morgan fingerprint density at radius 3 is 2.67 bits per heavy atom. The average Bonchev–Trinajstić information content (AvgIpc) is 2.70. The first kappa shape index (κ1) is 19.8. The van der Waals surface area contributed by atoms with Gasteiger partial charge in [0.2, 0.25) is 5.88 Å². The van der Waals surface area contributed by atoms with Crippen molar-refractivity contribution >= 4 is 24.5 Å². The van der Waals surface area contributed by atoms with Gasteiger partial charge in [-0.1, -0.05) is 24.8 Å². The SMILES string of the molecule is C=C/C(NC(=O)COc1ccc(-c2ccccc2C#N)cn1)=C(\S)C(=O)O. The Hall–Kier alpha value is -3.57. The average molecular weight is 381 g/mol. The number of nitriles is 1. The minimum absolute atomic E-state index is 0.0316. The summed E-state index contributed by atoms with van der Waals surface area (Å²) in [6.45, 7) is 3.05. The van der Waals surface area contributed by atoms with Gasteiger partial charge in [-0.3, -0.25) is 4.79 Å². The molecule has 136 valence electrons. The zero-order valence-corrected chi connectivity index (χ0v) is 14.9. The molecule has 0 aliphatic rings. The number of hydrogen-bond acceptors (Lipinski definition) is 6. The van der Waals surface area contributed by atoms with E-state index >= 15 is 0 Å². The highest BCUT2D eigenvalue weighted by molar-refractivity contribution is 7.85. The van der Waals surface area contributed by atoms with Crippen LogP contribution in [0.2, 0.25) is 0 Å². The molecule has 0 aliphatic heterocycles. The number of carbonyl (C=O) groups is 2. The highest BCUT2D eigenvalue weighted by Gasteiger charge is 2.12. The van der Waals surface area contributed by atoms with E-state index in [1.54, 1.807) is 24.3 Å². The topological polar surface area (TPSA) is 112 Å². The highest BCUT2D eigenvalue weighted by atomic mass is 32.1. The fourth-order valence-electron chi connectivity index (χ4n) is 2.11. The fraction of sp³-hybridized carbons (Fsp3) is 0.0526. The predicted octanol–water partition coefficient (Wildman–Crippen LogP) is 2.53. The van der Waals surface area contributed by atoms with Crippen LogP contribution >= 0.6 is 12.6 Å². The van der Waals surface area contributed by atoms with E-state index in [0.29, 0.717) is 5.56 Å². The van der Waals surface area contributed by atoms with Crippen molar-refractivity contribution in [3.8, 4) is 23.1 Å².